The van der Waals surface area contributed by atoms with Crippen molar-refractivity contribution in [2.75, 3.05) is 38.3 Å². The van der Waals surface area contributed by atoms with Crippen LogP contribution in [0, 0.1) is 5.41 Å². The minimum atomic E-state index is -0.658. The normalized spacial score (nSPS) is 20.8. The number of thioether (sulfide) groups is 1. The zero-order chi connectivity index (χ0) is 19.6. The molecule has 2 heterocycles. The largest absolute Gasteiger partial charge is 0.464 e. The Morgan fingerprint density at radius 2 is 1.81 bits per heavy atom. The highest BCUT2D eigenvalue weighted by Crippen LogP contribution is 2.45. The summed E-state index contributed by atoms with van der Waals surface area (Å²) in [6.45, 7) is 6.68. The fourth-order valence-electron chi connectivity index (χ4n) is 3.26. The van der Waals surface area contributed by atoms with Gasteiger partial charge in [0.1, 0.15) is 12.6 Å². The van der Waals surface area contributed by atoms with Crippen molar-refractivity contribution in [2.24, 2.45) is 5.41 Å². The van der Waals surface area contributed by atoms with Gasteiger partial charge in [-0.3, -0.25) is 4.79 Å². The van der Waals surface area contributed by atoms with Gasteiger partial charge in [0.25, 0.3) is 0 Å². The fraction of sp³-hybridized carbons (Fsp3) is 0.833. The zero-order valence-corrected chi connectivity index (χ0v) is 17.2. The second kappa shape index (κ2) is 11.3. The van der Waals surface area contributed by atoms with E-state index >= 15 is 0 Å². The van der Waals surface area contributed by atoms with Crippen LogP contribution in [-0.4, -0.2) is 67.2 Å². The van der Waals surface area contributed by atoms with E-state index in [2.05, 4.69) is 23.9 Å². The Morgan fingerprint density at radius 1 is 1.19 bits per heavy atom. The van der Waals surface area contributed by atoms with E-state index in [9.17, 15) is 14.4 Å². The smallest absolute Gasteiger partial charge is 0.407 e. The summed E-state index contributed by atoms with van der Waals surface area (Å²) in [5.41, 5.74) is 0.00357. The summed E-state index contributed by atoms with van der Waals surface area (Å²) in [6, 6.07) is -0.551. The molecule has 8 heteroatoms. The molecule has 0 aliphatic carbocycles. The Kier molecular flexibility index (Phi) is 9.83. The van der Waals surface area contributed by atoms with Crippen LogP contribution in [0.3, 0.4) is 0 Å². The number of nitrogens with zero attached hydrogens (tertiary/aromatic N) is 1. The molecule has 26 heavy (non-hydrogen) atoms. The van der Waals surface area contributed by atoms with Crippen molar-refractivity contribution < 1.29 is 23.9 Å². The lowest BCUT2D eigenvalue weighted by Gasteiger charge is -2.32. The van der Waals surface area contributed by atoms with Crippen LogP contribution in [0.4, 0.5) is 4.79 Å². The number of methoxy groups -OCH3 is 1. The molecule has 2 saturated heterocycles. The Morgan fingerprint density at radius 3 is 2.35 bits per heavy atom. The minimum Gasteiger partial charge on any atom is -0.464 e. The Bertz CT molecular complexity index is 480. The lowest BCUT2D eigenvalue weighted by molar-refractivity contribution is -0.152. The number of esters is 1. The number of amides is 2. The van der Waals surface area contributed by atoms with Crippen LogP contribution in [0.15, 0.2) is 0 Å². The van der Waals surface area contributed by atoms with Gasteiger partial charge in [-0.2, -0.15) is 11.8 Å². The predicted molar refractivity (Wildman–Crippen MR) is 102 cm³/mol. The minimum absolute atomic E-state index is 0.00357. The van der Waals surface area contributed by atoms with E-state index in [1.807, 2.05) is 11.8 Å². The van der Waals surface area contributed by atoms with Gasteiger partial charge in [0.05, 0.1) is 13.7 Å². The molecule has 1 unspecified atom stereocenters. The highest BCUT2D eigenvalue weighted by Gasteiger charge is 2.49. The quantitative estimate of drug-likeness (QED) is 0.745. The van der Waals surface area contributed by atoms with Crippen LogP contribution < -0.4 is 5.32 Å². The molecule has 2 amide bonds. The van der Waals surface area contributed by atoms with Crippen molar-refractivity contribution in [3.8, 4) is 0 Å². The molecule has 0 saturated carbocycles. The topological polar surface area (TPSA) is 84.9 Å². The number of rotatable bonds is 4. The first-order chi connectivity index (χ1) is 12.4. The third kappa shape index (κ3) is 6.37. The third-order valence-electron chi connectivity index (χ3n) is 4.51. The molecule has 2 aliphatic heterocycles. The summed E-state index contributed by atoms with van der Waals surface area (Å²) in [5.74, 6) is 1.48. The van der Waals surface area contributed by atoms with Gasteiger partial charge in [-0.15, -0.1) is 0 Å². The van der Waals surface area contributed by atoms with Crippen molar-refractivity contribution in [1.29, 1.82) is 0 Å². The van der Waals surface area contributed by atoms with Crippen molar-refractivity contribution in [3.63, 3.8) is 0 Å². The predicted octanol–water partition coefficient (Wildman–Crippen LogP) is 2.44. The number of carbonyl (C=O) groups is 3. The summed E-state index contributed by atoms with van der Waals surface area (Å²) < 4.78 is 9.61. The molecule has 1 atom stereocenters. The summed E-state index contributed by atoms with van der Waals surface area (Å²) in [7, 11) is 1.24. The van der Waals surface area contributed by atoms with Gasteiger partial charge in [-0.1, -0.05) is 20.3 Å². The number of ether oxygens (including phenoxy) is 2. The fourth-order valence-corrected chi connectivity index (χ4v) is 4.61. The monoisotopic (exact) mass is 388 g/mol. The van der Waals surface area contributed by atoms with E-state index in [1.165, 1.54) is 13.5 Å². The summed E-state index contributed by atoms with van der Waals surface area (Å²) in [6.07, 6.45) is 3.24. The number of likely N-dealkylation sites (tertiary alicyclic amines) is 1. The molecule has 2 fully saturated rings. The van der Waals surface area contributed by atoms with Crippen molar-refractivity contribution in [1.82, 2.24) is 10.2 Å². The number of alkyl carbamates (subject to hydrolysis) is 1. The van der Waals surface area contributed by atoms with Crippen molar-refractivity contribution in [3.05, 3.63) is 0 Å². The molecule has 0 aromatic heterocycles. The second-order valence-electron chi connectivity index (χ2n) is 6.66. The van der Waals surface area contributed by atoms with Crippen LogP contribution in [0.1, 0.15) is 46.5 Å². The maximum Gasteiger partial charge on any atom is 0.407 e. The SMILES string of the molecule is CCC.CCOC(=O)C1CC2(CCSCC2)CN1C(=O)CNC(=O)OC. The number of carbonyl (C=O) groups excluding carboxylic acids is 3. The summed E-state index contributed by atoms with van der Waals surface area (Å²) >= 11 is 1.91. The molecule has 0 radical (unpaired) electrons. The average Bonchev–Trinajstić information content (AvgIpc) is 3.00. The molecule has 0 aromatic carbocycles. The standard InChI is InChI=1S/C15H24N2O5S.C3H8/c1-3-22-13(19)11-8-15(4-6-23-7-5-15)10-17(11)12(18)9-16-14(20)21-2;1-3-2/h11H,3-10H2,1-2H3,(H,16,20);3H2,1-2H3. The third-order valence-corrected chi connectivity index (χ3v) is 5.50. The maximum absolute atomic E-state index is 12.5. The lowest BCUT2D eigenvalue weighted by Crippen LogP contribution is -2.46. The Labute approximate surface area is 160 Å². The van der Waals surface area contributed by atoms with Crippen LogP contribution >= 0.6 is 11.8 Å². The number of hydrogen-bond donors (Lipinski definition) is 1. The van der Waals surface area contributed by atoms with Gasteiger partial charge in [0, 0.05) is 6.54 Å². The molecule has 2 rings (SSSR count). The first kappa shape index (κ1) is 22.6. The van der Waals surface area contributed by atoms with Crippen LogP contribution in [-0.2, 0) is 19.1 Å². The number of hydrogen-bond acceptors (Lipinski definition) is 6. The molecule has 0 aromatic rings. The van der Waals surface area contributed by atoms with Crippen LogP contribution in [0.5, 0.6) is 0 Å². The van der Waals surface area contributed by atoms with E-state index in [1.54, 1.807) is 11.8 Å². The summed E-state index contributed by atoms with van der Waals surface area (Å²) in [4.78, 5) is 37.4. The lowest BCUT2D eigenvalue weighted by atomic mass is 9.80. The molecule has 1 N–H and O–H groups in total. The van der Waals surface area contributed by atoms with Crippen LogP contribution in [0.2, 0.25) is 0 Å². The van der Waals surface area contributed by atoms with Gasteiger partial charge in [-0.25, -0.2) is 9.59 Å². The van der Waals surface area contributed by atoms with Crippen molar-refractivity contribution >= 4 is 29.7 Å². The first-order valence-corrected chi connectivity index (χ1v) is 10.4. The van der Waals surface area contributed by atoms with Gasteiger partial charge in [0.15, 0.2) is 0 Å². The molecule has 1 spiro atoms. The van der Waals surface area contributed by atoms with Gasteiger partial charge < -0.3 is 19.7 Å². The summed E-state index contributed by atoms with van der Waals surface area (Å²) in [5, 5.41) is 2.38. The number of nitrogens with one attached hydrogen (secondary N) is 1. The van der Waals surface area contributed by atoms with Gasteiger partial charge >= 0.3 is 12.1 Å². The van der Waals surface area contributed by atoms with Crippen LogP contribution in [0.25, 0.3) is 0 Å². The van der Waals surface area contributed by atoms with E-state index < -0.39 is 12.1 Å². The second-order valence-corrected chi connectivity index (χ2v) is 7.88. The van der Waals surface area contributed by atoms with E-state index in [0.717, 1.165) is 24.3 Å². The highest BCUT2D eigenvalue weighted by atomic mass is 32.2. The zero-order valence-electron chi connectivity index (χ0n) is 16.3. The average molecular weight is 389 g/mol. The molecule has 150 valence electrons. The molecule has 0 bridgehead atoms. The molecule has 2 aliphatic rings. The van der Waals surface area contributed by atoms with E-state index in [0.29, 0.717) is 19.6 Å². The first-order valence-electron chi connectivity index (χ1n) is 9.28. The van der Waals surface area contributed by atoms with Gasteiger partial charge in [0.2, 0.25) is 5.91 Å². The molecule has 7 nitrogen and oxygen atoms in total. The molecular formula is C18H32N2O5S. The Hall–Kier alpha value is -1.44. The van der Waals surface area contributed by atoms with E-state index in [-0.39, 0.29) is 23.8 Å². The van der Waals surface area contributed by atoms with Crippen molar-refractivity contribution in [2.45, 2.75) is 52.5 Å². The molecular weight excluding hydrogens is 356 g/mol. The highest BCUT2D eigenvalue weighted by molar-refractivity contribution is 7.99. The van der Waals surface area contributed by atoms with Gasteiger partial charge in [-0.05, 0) is 43.1 Å². The van der Waals surface area contributed by atoms with E-state index in [4.69, 9.17) is 4.74 Å². The maximum atomic E-state index is 12.5. The Balaban J connectivity index is 0.00000105.